The molecule has 0 bridgehead atoms. The summed E-state index contributed by atoms with van der Waals surface area (Å²) in [4.78, 5) is 1.99. The number of hydrogen-bond donors (Lipinski definition) is 0. The van der Waals surface area contributed by atoms with Crippen LogP contribution in [0.15, 0.2) is 12.4 Å². The third-order valence-electron chi connectivity index (χ3n) is 9.67. The highest BCUT2D eigenvalue weighted by Gasteiger charge is 2.58. The van der Waals surface area contributed by atoms with Crippen molar-refractivity contribution in [1.82, 2.24) is 15.0 Å². The van der Waals surface area contributed by atoms with Crippen molar-refractivity contribution >= 4 is 0 Å². The quantitative estimate of drug-likeness (QED) is 0.677. The molecule has 0 radical (unpaired) electrons. The second-order valence-corrected chi connectivity index (χ2v) is 10.7. The van der Waals surface area contributed by atoms with E-state index in [9.17, 15) is 0 Å². The lowest BCUT2D eigenvalue weighted by molar-refractivity contribution is -0.0730. The van der Waals surface area contributed by atoms with Crippen LogP contribution in [0.25, 0.3) is 0 Å². The molecule has 1 heterocycles. The van der Waals surface area contributed by atoms with Gasteiger partial charge in [-0.25, -0.2) is 0 Å². The minimum Gasteiger partial charge on any atom is -0.182 e. The van der Waals surface area contributed by atoms with Gasteiger partial charge in [0.2, 0.25) is 0 Å². The lowest BCUT2D eigenvalue weighted by Crippen LogP contribution is -2.49. The molecule has 4 saturated carbocycles. The summed E-state index contributed by atoms with van der Waals surface area (Å²) in [5.74, 6) is 6.91. The molecular weight excluding hydrogens is 318 g/mol. The summed E-state index contributed by atoms with van der Waals surface area (Å²) in [6.07, 6.45) is 17.1. The van der Waals surface area contributed by atoms with E-state index >= 15 is 0 Å². The van der Waals surface area contributed by atoms with E-state index in [0.29, 0.717) is 11.5 Å². The van der Waals surface area contributed by atoms with Gasteiger partial charge in [-0.05, 0) is 105 Å². The van der Waals surface area contributed by atoms with Crippen molar-refractivity contribution < 1.29 is 0 Å². The van der Waals surface area contributed by atoms with Crippen LogP contribution in [0, 0.1) is 46.8 Å². The van der Waals surface area contributed by atoms with E-state index in [0.717, 1.165) is 41.4 Å². The third-order valence-corrected chi connectivity index (χ3v) is 9.67. The van der Waals surface area contributed by atoms with Gasteiger partial charge in [-0.1, -0.05) is 20.3 Å². The van der Waals surface area contributed by atoms with Gasteiger partial charge in [0.05, 0.1) is 18.4 Å². The molecule has 3 unspecified atom stereocenters. The van der Waals surface area contributed by atoms with E-state index in [1.54, 1.807) is 0 Å². The van der Waals surface area contributed by atoms with Crippen molar-refractivity contribution in [2.45, 2.75) is 84.6 Å². The fourth-order valence-electron chi connectivity index (χ4n) is 8.52. The van der Waals surface area contributed by atoms with E-state index in [2.05, 4.69) is 31.0 Å². The highest BCUT2D eigenvalue weighted by molar-refractivity contribution is 5.07. The summed E-state index contributed by atoms with van der Waals surface area (Å²) in [6, 6.07) is 0.448. The molecule has 4 aliphatic carbocycles. The van der Waals surface area contributed by atoms with Crippen molar-refractivity contribution in [3.8, 4) is 0 Å². The van der Waals surface area contributed by atoms with Gasteiger partial charge in [0, 0.05) is 0 Å². The van der Waals surface area contributed by atoms with Crippen LogP contribution >= 0.6 is 0 Å². The fourth-order valence-corrected chi connectivity index (χ4v) is 8.52. The van der Waals surface area contributed by atoms with Gasteiger partial charge in [0.25, 0.3) is 0 Å². The average molecular weight is 356 g/mol. The van der Waals surface area contributed by atoms with E-state index < -0.39 is 0 Å². The Kier molecular flexibility index (Phi) is 4.21. The zero-order chi connectivity index (χ0) is 17.9. The van der Waals surface area contributed by atoms with Crippen molar-refractivity contribution in [3.63, 3.8) is 0 Å². The maximum Gasteiger partial charge on any atom is 0.0721 e. The Balaban J connectivity index is 1.37. The van der Waals surface area contributed by atoms with Gasteiger partial charge in [-0.3, -0.25) is 0 Å². The lowest BCUT2D eigenvalue weighted by atomic mass is 9.49. The summed E-state index contributed by atoms with van der Waals surface area (Å²) >= 11 is 0. The predicted octanol–water partition coefficient (Wildman–Crippen LogP) is 5.74. The SMILES string of the molecule is C[C@H]1CC[C@@H]2C3CC[C@@]4(C)C(CCC4[C@H](C)n4nccn4)[C@@H]3CC[C@@H]2C1. The number of hydrogen-bond acceptors (Lipinski definition) is 2. The molecule has 0 saturated heterocycles. The van der Waals surface area contributed by atoms with Crippen molar-refractivity contribution in [2.75, 3.05) is 0 Å². The van der Waals surface area contributed by atoms with Gasteiger partial charge in [-0.15, -0.1) is 0 Å². The first-order valence-corrected chi connectivity index (χ1v) is 11.4. The first-order chi connectivity index (χ1) is 12.6. The molecule has 9 atom stereocenters. The smallest absolute Gasteiger partial charge is 0.0721 e. The van der Waals surface area contributed by atoms with Crippen LogP contribution in [-0.4, -0.2) is 15.0 Å². The predicted molar refractivity (Wildman–Crippen MR) is 104 cm³/mol. The van der Waals surface area contributed by atoms with Crippen LogP contribution in [0.1, 0.15) is 84.6 Å². The zero-order valence-electron chi connectivity index (χ0n) is 17.0. The largest absolute Gasteiger partial charge is 0.182 e. The average Bonchev–Trinajstić information content (AvgIpc) is 3.28. The Labute approximate surface area is 159 Å². The molecule has 0 spiro atoms. The van der Waals surface area contributed by atoms with Crippen LogP contribution in [0.2, 0.25) is 0 Å². The summed E-state index contributed by atoms with van der Waals surface area (Å²) < 4.78 is 0. The zero-order valence-corrected chi connectivity index (χ0v) is 17.0. The molecule has 26 heavy (non-hydrogen) atoms. The highest BCUT2D eigenvalue weighted by Crippen LogP contribution is 2.65. The van der Waals surface area contributed by atoms with E-state index in [1.807, 2.05) is 17.2 Å². The maximum absolute atomic E-state index is 4.48. The third kappa shape index (κ3) is 2.52. The van der Waals surface area contributed by atoms with E-state index in [4.69, 9.17) is 0 Å². The van der Waals surface area contributed by atoms with Crippen molar-refractivity contribution in [3.05, 3.63) is 12.4 Å². The van der Waals surface area contributed by atoms with Crippen LogP contribution < -0.4 is 0 Å². The minimum atomic E-state index is 0.448. The van der Waals surface area contributed by atoms with Crippen molar-refractivity contribution in [1.29, 1.82) is 0 Å². The maximum atomic E-state index is 4.48. The number of rotatable bonds is 2. The fraction of sp³-hybridized carbons (Fsp3) is 0.913. The summed E-state index contributed by atoms with van der Waals surface area (Å²) in [5.41, 5.74) is 0.517. The minimum absolute atomic E-state index is 0.448. The normalized spacial score (nSPS) is 49.1. The topological polar surface area (TPSA) is 30.7 Å². The Bertz CT molecular complexity index is 625. The molecule has 0 amide bonds. The number of nitrogens with zero attached hydrogens (tertiary/aromatic N) is 3. The molecule has 4 fully saturated rings. The first kappa shape index (κ1) is 17.3. The van der Waals surface area contributed by atoms with Crippen molar-refractivity contribution in [2.24, 2.45) is 46.8 Å². The van der Waals surface area contributed by atoms with Gasteiger partial charge >= 0.3 is 0 Å². The van der Waals surface area contributed by atoms with Crippen LogP contribution in [0.4, 0.5) is 0 Å². The number of fused-ring (bicyclic) bond motifs is 5. The number of aromatic nitrogens is 3. The first-order valence-electron chi connectivity index (χ1n) is 11.4. The molecule has 4 aliphatic rings. The second kappa shape index (κ2) is 6.34. The Morgan fingerprint density at radius 2 is 1.69 bits per heavy atom. The monoisotopic (exact) mass is 355 g/mol. The Hall–Kier alpha value is -0.860. The summed E-state index contributed by atoms with van der Waals surface area (Å²) in [5, 5.41) is 8.96. The van der Waals surface area contributed by atoms with Crippen LogP contribution in [-0.2, 0) is 0 Å². The molecule has 0 aromatic carbocycles. The Morgan fingerprint density at radius 3 is 2.50 bits per heavy atom. The summed E-state index contributed by atoms with van der Waals surface area (Å²) in [6.45, 7) is 7.50. The molecule has 3 heteroatoms. The van der Waals surface area contributed by atoms with Gasteiger partial charge in [0.1, 0.15) is 0 Å². The second-order valence-electron chi connectivity index (χ2n) is 10.7. The van der Waals surface area contributed by atoms with Gasteiger partial charge in [-0.2, -0.15) is 15.0 Å². The molecule has 0 N–H and O–H groups in total. The molecule has 144 valence electrons. The molecule has 1 aromatic heterocycles. The lowest BCUT2D eigenvalue weighted by Gasteiger charge is -2.56. The van der Waals surface area contributed by atoms with Gasteiger partial charge < -0.3 is 0 Å². The molecule has 3 nitrogen and oxygen atoms in total. The molecule has 5 rings (SSSR count). The standard InChI is InChI=1S/C23H37N3/c1-15-4-6-18-17(14-15)5-7-20-19(18)10-11-23(3)21(8-9-22(20)23)16(2)26-24-12-13-25-26/h12-13,15-22H,4-11,14H2,1-3H3/t15-,16-,17+,18-,19?,20+,21?,22?,23+/m0/s1. The van der Waals surface area contributed by atoms with Crippen LogP contribution in [0.5, 0.6) is 0 Å². The van der Waals surface area contributed by atoms with Gasteiger partial charge in [0.15, 0.2) is 0 Å². The van der Waals surface area contributed by atoms with E-state index in [1.165, 1.54) is 57.8 Å². The molecular formula is C23H37N3. The Morgan fingerprint density at radius 1 is 0.923 bits per heavy atom. The highest BCUT2D eigenvalue weighted by atomic mass is 15.5. The van der Waals surface area contributed by atoms with Crippen LogP contribution in [0.3, 0.4) is 0 Å². The molecule has 1 aromatic rings. The molecule has 0 aliphatic heterocycles. The summed E-state index contributed by atoms with van der Waals surface area (Å²) in [7, 11) is 0. The van der Waals surface area contributed by atoms with E-state index in [-0.39, 0.29) is 0 Å².